The van der Waals surface area contributed by atoms with Crippen molar-refractivity contribution < 1.29 is 23.1 Å². The van der Waals surface area contributed by atoms with Gasteiger partial charge in [-0.05, 0) is 47.8 Å². The number of hydrogen-bond donors (Lipinski definition) is 0. The second-order valence-corrected chi connectivity index (χ2v) is 7.48. The summed E-state index contributed by atoms with van der Waals surface area (Å²) in [6, 6.07) is 12.8. The van der Waals surface area contributed by atoms with Crippen molar-refractivity contribution in [2.45, 2.75) is 6.54 Å². The van der Waals surface area contributed by atoms with Crippen molar-refractivity contribution in [3.63, 3.8) is 0 Å². The lowest BCUT2D eigenvalue weighted by molar-refractivity contribution is -0.134. The number of ether oxygens (including phenoxy) is 1. The van der Waals surface area contributed by atoms with Crippen molar-refractivity contribution in [1.29, 1.82) is 0 Å². The van der Waals surface area contributed by atoms with Gasteiger partial charge in [-0.3, -0.25) is 4.79 Å². The molecule has 0 N–H and O–H groups in total. The molecule has 0 aliphatic rings. The molecule has 1 amide bonds. The highest BCUT2D eigenvalue weighted by Crippen LogP contribution is 2.25. The van der Waals surface area contributed by atoms with E-state index in [1.165, 1.54) is 51.4 Å². The van der Waals surface area contributed by atoms with Crippen LogP contribution in [-0.4, -0.2) is 45.2 Å². The zero-order valence-corrected chi connectivity index (χ0v) is 17.2. The fraction of sp³-hybridized carbons (Fsp3) is 0.143. The summed E-state index contributed by atoms with van der Waals surface area (Å²) in [5.74, 6) is -0.801. The summed E-state index contributed by atoms with van der Waals surface area (Å²) in [7, 11) is 1.58. The van der Waals surface area contributed by atoms with Crippen molar-refractivity contribution in [2.75, 3.05) is 13.7 Å². The van der Waals surface area contributed by atoms with Gasteiger partial charge < -0.3 is 14.1 Å². The Kier molecular flexibility index (Phi) is 5.89. The van der Waals surface area contributed by atoms with E-state index in [9.17, 15) is 14.0 Å². The number of thiophene rings is 1. The molecule has 3 heterocycles. The van der Waals surface area contributed by atoms with E-state index in [2.05, 4.69) is 10.1 Å². The van der Waals surface area contributed by atoms with Crippen molar-refractivity contribution in [3.05, 3.63) is 77.6 Å². The molecule has 31 heavy (non-hydrogen) atoms. The Morgan fingerprint density at radius 3 is 2.68 bits per heavy atom. The largest absolute Gasteiger partial charge is 0.467 e. The predicted octanol–water partition coefficient (Wildman–Crippen LogP) is 3.54. The number of benzene rings is 1. The van der Waals surface area contributed by atoms with Crippen LogP contribution in [0.4, 0.5) is 4.39 Å². The lowest BCUT2D eigenvalue weighted by atomic mass is 10.3. The highest BCUT2D eigenvalue weighted by Gasteiger charge is 2.22. The molecule has 8 nitrogen and oxygen atoms in total. The number of aromatic nitrogens is 3. The Hall–Kier alpha value is -3.79. The highest BCUT2D eigenvalue weighted by atomic mass is 32.1. The van der Waals surface area contributed by atoms with Gasteiger partial charge in [0.05, 0.1) is 23.4 Å². The summed E-state index contributed by atoms with van der Waals surface area (Å²) in [6.45, 7) is -0.210. The van der Waals surface area contributed by atoms with Gasteiger partial charge in [-0.25, -0.2) is 13.9 Å². The maximum absolute atomic E-state index is 13.3. The van der Waals surface area contributed by atoms with Crippen molar-refractivity contribution >= 4 is 23.2 Å². The first-order valence-corrected chi connectivity index (χ1v) is 10.1. The van der Waals surface area contributed by atoms with Crippen molar-refractivity contribution in [1.82, 2.24) is 19.7 Å². The summed E-state index contributed by atoms with van der Waals surface area (Å²) in [4.78, 5) is 31.2. The van der Waals surface area contributed by atoms with Gasteiger partial charge in [0.2, 0.25) is 0 Å². The number of hydrogen-bond acceptors (Lipinski definition) is 7. The molecule has 0 spiro atoms. The number of amides is 1. The number of furan rings is 1. The van der Waals surface area contributed by atoms with Gasteiger partial charge in [-0.2, -0.15) is 4.98 Å². The second-order valence-electron chi connectivity index (χ2n) is 6.53. The quantitative estimate of drug-likeness (QED) is 0.408. The van der Waals surface area contributed by atoms with E-state index in [1.54, 1.807) is 19.2 Å². The zero-order valence-electron chi connectivity index (χ0n) is 16.4. The van der Waals surface area contributed by atoms with Crippen LogP contribution in [0.3, 0.4) is 0 Å². The van der Waals surface area contributed by atoms with Crippen LogP contribution in [0.15, 0.2) is 64.6 Å². The summed E-state index contributed by atoms with van der Waals surface area (Å²) in [5, 5.41) is 6.09. The topological polar surface area (TPSA) is 90.5 Å². The number of likely N-dealkylation sites (N-methyl/N-ethyl adjacent to an activating group) is 1. The van der Waals surface area contributed by atoms with Crippen LogP contribution in [0.5, 0.6) is 0 Å². The first-order valence-electron chi connectivity index (χ1n) is 9.21. The second kappa shape index (κ2) is 8.92. The summed E-state index contributed by atoms with van der Waals surface area (Å²) in [5.41, 5.74) is 0.533. The molecule has 10 heteroatoms. The first kappa shape index (κ1) is 20.5. The molecular formula is C21H17FN4O4S. The standard InChI is InChI=1S/C21H17FN4O4S/c1-25(12-16-4-2-10-29-16)18(27)13-30-21(28)19-23-20(17-5-3-11-31-17)26(24-19)15-8-6-14(22)7-9-15/h2-11H,12-13H2,1H3. The van der Waals surface area contributed by atoms with E-state index in [4.69, 9.17) is 9.15 Å². The van der Waals surface area contributed by atoms with Gasteiger partial charge in [0.1, 0.15) is 11.6 Å². The Morgan fingerprint density at radius 2 is 2.00 bits per heavy atom. The van der Waals surface area contributed by atoms with E-state index in [1.807, 2.05) is 17.5 Å². The van der Waals surface area contributed by atoms with E-state index in [0.29, 0.717) is 17.3 Å². The lowest BCUT2D eigenvalue weighted by Gasteiger charge is -2.15. The Morgan fingerprint density at radius 1 is 1.19 bits per heavy atom. The van der Waals surface area contributed by atoms with Crippen molar-refractivity contribution in [2.24, 2.45) is 0 Å². The molecule has 158 valence electrons. The molecule has 0 aliphatic carbocycles. The first-order chi connectivity index (χ1) is 15.0. The maximum Gasteiger partial charge on any atom is 0.378 e. The minimum Gasteiger partial charge on any atom is -0.467 e. The molecule has 0 radical (unpaired) electrons. The number of rotatable bonds is 7. The third-order valence-electron chi connectivity index (χ3n) is 4.33. The fourth-order valence-corrected chi connectivity index (χ4v) is 3.45. The third kappa shape index (κ3) is 4.69. The van der Waals surface area contributed by atoms with Gasteiger partial charge in [0, 0.05) is 7.05 Å². The number of carbonyl (C=O) groups excluding carboxylic acids is 2. The maximum atomic E-state index is 13.3. The van der Waals surface area contributed by atoms with E-state index in [-0.39, 0.29) is 12.4 Å². The fourth-order valence-electron chi connectivity index (χ4n) is 2.75. The van der Waals surface area contributed by atoms with E-state index >= 15 is 0 Å². The number of carbonyl (C=O) groups is 2. The van der Waals surface area contributed by atoms with Crippen LogP contribution in [0.1, 0.15) is 16.4 Å². The normalized spacial score (nSPS) is 10.8. The van der Waals surface area contributed by atoms with Crippen LogP contribution in [-0.2, 0) is 16.1 Å². The van der Waals surface area contributed by atoms with Gasteiger partial charge in [-0.1, -0.05) is 6.07 Å². The smallest absolute Gasteiger partial charge is 0.378 e. The van der Waals surface area contributed by atoms with Crippen molar-refractivity contribution in [3.8, 4) is 16.4 Å². The SMILES string of the molecule is CN(Cc1ccco1)C(=O)COC(=O)c1nc(-c2cccs2)n(-c2ccc(F)cc2)n1. The molecule has 0 fully saturated rings. The summed E-state index contributed by atoms with van der Waals surface area (Å²) in [6.07, 6.45) is 1.52. The molecule has 0 unspecified atom stereocenters. The van der Waals surface area contributed by atoms with Crippen LogP contribution in [0.2, 0.25) is 0 Å². The lowest BCUT2D eigenvalue weighted by Crippen LogP contribution is -2.30. The Balaban J connectivity index is 1.49. The van der Waals surface area contributed by atoms with E-state index in [0.717, 1.165) is 4.88 Å². The monoisotopic (exact) mass is 440 g/mol. The molecule has 0 bridgehead atoms. The number of esters is 1. The number of nitrogens with zero attached hydrogens (tertiary/aromatic N) is 4. The van der Waals surface area contributed by atoms with Gasteiger partial charge >= 0.3 is 5.97 Å². The number of halogens is 1. The average molecular weight is 440 g/mol. The van der Waals surface area contributed by atoms with Crippen LogP contribution < -0.4 is 0 Å². The molecule has 4 aromatic rings. The van der Waals surface area contributed by atoms with Gasteiger partial charge in [-0.15, -0.1) is 16.4 Å². The third-order valence-corrected chi connectivity index (χ3v) is 5.19. The minimum absolute atomic E-state index is 0.200. The molecule has 0 atom stereocenters. The summed E-state index contributed by atoms with van der Waals surface area (Å²) < 4.78 is 25.1. The minimum atomic E-state index is -0.835. The molecule has 0 saturated carbocycles. The molecule has 0 saturated heterocycles. The van der Waals surface area contributed by atoms with E-state index < -0.39 is 24.3 Å². The molecule has 0 aliphatic heterocycles. The Bertz CT molecular complexity index is 1170. The average Bonchev–Trinajstić information content (AvgIpc) is 3.53. The zero-order chi connectivity index (χ0) is 21.8. The molecular weight excluding hydrogens is 423 g/mol. The molecule has 3 aromatic heterocycles. The van der Waals surface area contributed by atoms with Crippen LogP contribution in [0, 0.1) is 5.82 Å². The van der Waals surface area contributed by atoms with Gasteiger partial charge in [0.15, 0.2) is 12.4 Å². The summed E-state index contributed by atoms with van der Waals surface area (Å²) >= 11 is 1.42. The Labute approximate surface area is 180 Å². The highest BCUT2D eigenvalue weighted by molar-refractivity contribution is 7.13. The van der Waals surface area contributed by atoms with Crippen LogP contribution >= 0.6 is 11.3 Å². The van der Waals surface area contributed by atoms with Crippen LogP contribution in [0.25, 0.3) is 16.4 Å². The predicted molar refractivity (Wildman–Crippen MR) is 110 cm³/mol. The molecule has 4 rings (SSSR count). The van der Waals surface area contributed by atoms with Gasteiger partial charge in [0.25, 0.3) is 11.7 Å². The molecule has 1 aromatic carbocycles.